The predicted octanol–water partition coefficient (Wildman–Crippen LogP) is 3.88. The third-order valence-corrected chi connectivity index (χ3v) is 3.63. The maximum atomic E-state index is 13.8. The molecule has 0 aliphatic carbocycles. The highest BCUT2D eigenvalue weighted by atomic mass is 19.1. The summed E-state index contributed by atoms with van der Waals surface area (Å²) in [4.78, 5) is 10.5. The first-order valence-corrected chi connectivity index (χ1v) is 7.09. The number of benzene rings is 2. The zero-order valence-corrected chi connectivity index (χ0v) is 12.6. The molecule has 0 atom stereocenters. The molecule has 1 heterocycles. The molecule has 0 saturated carbocycles. The van der Waals surface area contributed by atoms with Crippen LogP contribution in [0.4, 0.5) is 14.5 Å². The molecule has 1 saturated heterocycles. The van der Waals surface area contributed by atoms with E-state index in [2.05, 4.69) is 0 Å². The molecule has 0 radical (unpaired) electrons. The normalized spacial score (nSPS) is 16.1. The third-order valence-electron chi connectivity index (χ3n) is 3.63. The highest BCUT2D eigenvalue weighted by Crippen LogP contribution is 2.38. The van der Waals surface area contributed by atoms with E-state index in [1.807, 2.05) is 0 Å². The van der Waals surface area contributed by atoms with Gasteiger partial charge < -0.3 is 14.2 Å². The Morgan fingerprint density at radius 1 is 1.12 bits per heavy atom. The maximum Gasteiger partial charge on any atom is 0.311 e. The summed E-state index contributed by atoms with van der Waals surface area (Å²) in [6.45, 7) is 2.44. The Hall–Kier alpha value is -2.58. The standard InChI is InChI=1S/C16H13F2NO5/c1-16(22-6-7-23-16)10-2-4-13(19(20)21)15(8-10)24-14-5-3-11(17)9-12(14)18/h2-5,8-9H,6-7H2,1H3. The van der Waals surface area contributed by atoms with Gasteiger partial charge in [-0.3, -0.25) is 10.1 Å². The molecule has 0 unspecified atom stereocenters. The monoisotopic (exact) mass is 337 g/mol. The van der Waals surface area contributed by atoms with E-state index in [-0.39, 0.29) is 17.2 Å². The summed E-state index contributed by atoms with van der Waals surface area (Å²) in [6.07, 6.45) is 0. The van der Waals surface area contributed by atoms with E-state index in [1.165, 1.54) is 18.2 Å². The van der Waals surface area contributed by atoms with Gasteiger partial charge in [-0.05, 0) is 31.2 Å². The number of hydrogen-bond donors (Lipinski definition) is 0. The number of hydrogen-bond acceptors (Lipinski definition) is 5. The number of nitro groups is 1. The summed E-state index contributed by atoms with van der Waals surface area (Å²) in [7, 11) is 0. The molecule has 0 bridgehead atoms. The van der Waals surface area contributed by atoms with Crippen molar-refractivity contribution in [2.45, 2.75) is 12.7 Å². The quantitative estimate of drug-likeness (QED) is 0.625. The number of rotatable bonds is 4. The fourth-order valence-corrected chi connectivity index (χ4v) is 2.39. The average Bonchev–Trinajstić information content (AvgIpc) is 2.98. The van der Waals surface area contributed by atoms with E-state index in [0.29, 0.717) is 24.8 Å². The Labute approximate surface area is 135 Å². The van der Waals surface area contributed by atoms with Crippen LogP contribution in [0, 0.1) is 21.7 Å². The molecule has 0 spiro atoms. The van der Waals surface area contributed by atoms with E-state index in [9.17, 15) is 18.9 Å². The molecular formula is C16H13F2NO5. The molecule has 2 aromatic rings. The summed E-state index contributed by atoms with van der Waals surface area (Å²) in [5, 5.41) is 11.2. The lowest BCUT2D eigenvalue weighted by molar-refractivity contribution is -0.385. The van der Waals surface area contributed by atoms with Crippen molar-refractivity contribution in [3.05, 3.63) is 63.7 Å². The number of halogens is 2. The minimum Gasteiger partial charge on any atom is -0.447 e. The van der Waals surface area contributed by atoms with Crippen LogP contribution in [0.25, 0.3) is 0 Å². The zero-order valence-electron chi connectivity index (χ0n) is 12.6. The van der Waals surface area contributed by atoms with Gasteiger partial charge in [-0.25, -0.2) is 8.78 Å². The molecule has 126 valence electrons. The van der Waals surface area contributed by atoms with E-state index in [1.54, 1.807) is 6.92 Å². The van der Waals surface area contributed by atoms with Gasteiger partial charge in [-0.1, -0.05) is 0 Å². The Bertz CT molecular complexity index is 790. The molecule has 1 aliphatic rings. The highest BCUT2D eigenvalue weighted by molar-refractivity contribution is 5.51. The smallest absolute Gasteiger partial charge is 0.311 e. The van der Waals surface area contributed by atoms with Gasteiger partial charge in [-0.15, -0.1) is 0 Å². The van der Waals surface area contributed by atoms with Crippen molar-refractivity contribution in [2.24, 2.45) is 0 Å². The van der Waals surface area contributed by atoms with Gasteiger partial charge in [0.1, 0.15) is 5.82 Å². The van der Waals surface area contributed by atoms with Crippen LogP contribution < -0.4 is 4.74 Å². The second-order valence-electron chi connectivity index (χ2n) is 5.26. The van der Waals surface area contributed by atoms with Crippen molar-refractivity contribution in [3.8, 4) is 11.5 Å². The molecule has 1 fully saturated rings. The summed E-state index contributed by atoms with van der Waals surface area (Å²) < 4.78 is 43.0. The van der Waals surface area contributed by atoms with E-state index >= 15 is 0 Å². The van der Waals surface area contributed by atoms with Crippen molar-refractivity contribution >= 4 is 5.69 Å². The molecule has 24 heavy (non-hydrogen) atoms. The van der Waals surface area contributed by atoms with Gasteiger partial charge in [0.15, 0.2) is 17.4 Å². The van der Waals surface area contributed by atoms with E-state index in [0.717, 1.165) is 12.1 Å². The third kappa shape index (κ3) is 3.06. The first-order valence-electron chi connectivity index (χ1n) is 7.09. The molecule has 2 aromatic carbocycles. The van der Waals surface area contributed by atoms with Crippen molar-refractivity contribution in [1.82, 2.24) is 0 Å². The maximum absolute atomic E-state index is 13.8. The molecule has 0 aromatic heterocycles. The Morgan fingerprint density at radius 2 is 1.83 bits per heavy atom. The van der Waals surface area contributed by atoms with Crippen LogP contribution in [-0.2, 0) is 15.3 Å². The average molecular weight is 337 g/mol. The molecule has 0 amide bonds. The largest absolute Gasteiger partial charge is 0.447 e. The topological polar surface area (TPSA) is 70.8 Å². The molecule has 6 nitrogen and oxygen atoms in total. The first kappa shape index (κ1) is 16.3. The number of nitrogens with zero attached hydrogens (tertiary/aromatic N) is 1. The fourth-order valence-electron chi connectivity index (χ4n) is 2.39. The van der Waals surface area contributed by atoms with Gasteiger partial charge in [0.05, 0.1) is 18.1 Å². The lowest BCUT2D eigenvalue weighted by Gasteiger charge is -2.23. The van der Waals surface area contributed by atoms with Gasteiger partial charge in [-0.2, -0.15) is 0 Å². The van der Waals surface area contributed by atoms with Crippen LogP contribution in [0.5, 0.6) is 11.5 Å². The van der Waals surface area contributed by atoms with Gasteiger partial charge in [0.25, 0.3) is 0 Å². The van der Waals surface area contributed by atoms with Gasteiger partial charge in [0.2, 0.25) is 5.75 Å². The second-order valence-corrected chi connectivity index (χ2v) is 5.26. The van der Waals surface area contributed by atoms with Crippen LogP contribution in [0.15, 0.2) is 36.4 Å². The molecule has 3 rings (SSSR count). The Morgan fingerprint density at radius 3 is 2.46 bits per heavy atom. The van der Waals surface area contributed by atoms with Crippen LogP contribution >= 0.6 is 0 Å². The van der Waals surface area contributed by atoms with Gasteiger partial charge >= 0.3 is 5.69 Å². The first-order chi connectivity index (χ1) is 11.4. The van der Waals surface area contributed by atoms with Crippen molar-refractivity contribution in [2.75, 3.05) is 13.2 Å². The van der Waals surface area contributed by atoms with Crippen molar-refractivity contribution in [1.29, 1.82) is 0 Å². The van der Waals surface area contributed by atoms with Crippen LogP contribution in [0.1, 0.15) is 12.5 Å². The van der Waals surface area contributed by atoms with Crippen molar-refractivity contribution < 1.29 is 27.9 Å². The summed E-state index contributed by atoms with van der Waals surface area (Å²) >= 11 is 0. The summed E-state index contributed by atoms with van der Waals surface area (Å²) in [6, 6.07) is 6.76. The van der Waals surface area contributed by atoms with Crippen LogP contribution in [0.3, 0.4) is 0 Å². The van der Waals surface area contributed by atoms with Crippen molar-refractivity contribution in [3.63, 3.8) is 0 Å². The molecule has 0 N–H and O–H groups in total. The Kier molecular flexibility index (Phi) is 4.16. The van der Waals surface area contributed by atoms with Crippen LogP contribution in [0.2, 0.25) is 0 Å². The minimum absolute atomic E-state index is 0.191. The SMILES string of the molecule is CC1(c2ccc([N+](=O)[O-])c(Oc3ccc(F)cc3F)c2)OCCO1. The second kappa shape index (κ2) is 6.14. The lowest BCUT2D eigenvalue weighted by atomic mass is 10.1. The summed E-state index contributed by atoms with van der Waals surface area (Å²) in [5.41, 5.74) is 0.132. The fraction of sp³-hybridized carbons (Fsp3) is 0.250. The highest BCUT2D eigenvalue weighted by Gasteiger charge is 2.35. The zero-order chi connectivity index (χ0) is 17.3. The number of ether oxygens (including phenoxy) is 3. The molecular weight excluding hydrogens is 324 g/mol. The van der Waals surface area contributed by atoms with Crippen LogP contribution in [-0.4, -0.2) is 18.1 Å². The predicted molar refractivity (Wildman–Crippen MR) is 78.8 cm³/mol. The molecule has 1 aliphatic heterocycles. The number of nitro benzene ring substituents is 1. The van der Waals surface area contributed by atoms with E-state index in [4.69, 9.17) is 14.2 Å². The lowest BCUT2D eigenvalue weighted by Crippen LogP contribution is -2.22. The van der Waals surface area contributed by atoms with E-state index < -0.39 is 22.3 Å². The van der Waals surface area contributed by atoms with Gasteiger partial charge in [0, 0.05) is 17.7 Å². The minimum atomic E-state index is -1.06. The molecule has 8 heteroatoms. The summed E-state index contributed by atoms with van der Waals surface area (Å²) in [5.74, 6) is -3.31. The Balaban J connectivity index is 2.02.